The van der Waals surface area contributed by atoms with Crippen LogP contribution in [0, 0.1) is 6.92 Å². The fourth-order valence-corrected chi connectivity index (χ4v) is 1.68. The van der Waals surface area contributed by atoms with Gasteiger partial charge in [0.15, 0.2) is 6.61 Å². The third kappa shape index (κ3) is 5.28. The smallest absolute Gasteiger partial charge is 0.257 e. The summed E-state index contributed by atoms with van der Waals surface area (Å²) in [6, 6.07) is 5.50. The molecule has 1 rings (SSSR count). The molecule has 0 aromatic heterocycles. The molecule has 0 bridgehead atoms. The Morgan fingerprint density at radius 3 is 2.89 bits per heavy atom. The molecule has 0 aliphatic heterocycles. The predicted octanol–water partition coefficient (Wildman–Crippen LogP) is 1.02. The van der Waals surface area contributed by atoms with Gasteiger partial charge in [0.1, 0.15) is 5.75 Å². The van der Waals surface area contributed by atoms with Crippen molar-refractivity contribution in [3.05, 3.63) is 29.3 Å². The van der Waals surface area contributed by atoms with Gasteiger partial charge in [-0.15, -0.1) is 0 Å². The van der Waals surface area contributed by atoms with Crippen LogP contribution in [0.2, 0.25) is 0 Å². The first-order valence-electron chi connectivity index (χ1n) is 6.26. The highest BCUT2D eigenvalue weighted by molar-refractivity contribution is 5.77. The second kappa shape index (κ2) is 8.50. The van der Waals surface area contributed by atoms with Crippen molar-refractivity contribution in [1.82, 2.24) is 5.32 Å². The van der Waals surface area contributed by atoms with E-state index in [4.69, 9.17) is 9.47 Å². The number of hydrogen-bond donors (Lipinski definition) is 2. The molecule has 1 aromatic carbocycles. The maximum absolute atomic E-state index is 11.6. The maximum atomic E-state index is 11.6. The van der Waals surface area contributed by atoms with Gasteiger partial charge in [-0.3, -0.25) is 4.79 Å². The summed E-state index contributed by atoms with van der Waals surface area (Å²) < 4.78 is 10.4. The summed E-state index contributed by atoms with van der Waals surface area (Å²) in [6.07, 6.45) is 0.772. The zero-order valence-corrected chi connectivity index (χ0v) is 11.4. The Balaban J connectivity index is 2.42. The van der Waals surface area contributed by atoms with E-state index in [1.54, 1.807) is 13.2 Å². The van der Waals surface area contributed by atoms with E-state index in [1.165, 1.54) is 0 Å². The van der Waals surface area contributed by atoms with Crippen LogP contribution in [0.5, 0.6) is 5.75 Å². The lowest BCUT2D eigenvalue weighted by Gasteiger charge is -2.12. The number of aliphatic hydroxyl groups is 1. The van der Waals surface area contributed by atoms with Gasteiger partial charge < -0.3 is 19.9 Å². The van der Waals surface area contributed by atoms with Crippen LogP contribution in [0.1, 0.15) is 17.5 Å². The van der Waals surface area contributed by atoms with Crippen molar-refractivity contribution in [3.63, 3.8) is 0 Å². The summed E-state index contributed by atoms with van der Waals surface area (Å²) in [4.78, 5) is 11.6. The third-order valence-electron chi connectivity index (χ3n) is 2.66. The van der Waals surface area contributed by atoms with E-state index in [9.17, 15) is 9.90 Å². The Labute approximate surface area is 113 Å². The van der Waals surface area contributed by atoms with Gasteiger partial charge >= 0.3 is 0 Å². The van der Waals surface area contributed by atoms with Crippen molar-refractivity contribution in [2.75, 3.05) is 26.9 Å². The van der Waals surface area contributed by atoms with Gasteiger partial charge in [0.25, 0.3) is 5.91 Å². The first-order valence-corrected chi connectivity index (χ1v) is 6.26. The number of nitrogens with one attached hydrogen (secondary N) is 1. The highest BCUT2D eigenvalue weighted by atomic mass is 16.5. The molecule has 0 saturated carbocycles. The van der Waals surface area contributed by atoms with Gasteiger partial charge in [0.05, 0.1) is 6.61 Å². The van der Waals surface area contributed by atoms with Crippen LogP contribution >= 0.6 is 0 Å². The summed E-state index contributed by atoms with van der Waals surface area (Å²) in [5, 5.41) is 12.0. The molecule has 2 N–H and O–H groups in total. The number of carbonyl (C=O) groups excluding carboxylic acids is 1. The summed E-state index contributed by atoms with van der Waals surface area (Å²) in [5.41, 5.74) is 1.59. The third-order valence-corrected chi connectivity index (χ3v) is 2.66. The van der Waals surface area contributed by atoms with Crippen LogP contribution in [0.3, 0.4) is 0 Å². The lowest BCUT2D eigenvalue weighted by atomic mass is 10.1. The lowest BCUT2D eigenvalue weighted by Crippen LogP contribution is -2.30. The van der Waals surface area contributed by atoms with Crippen LogP contribution in [0.25, 0.3) is 0 Å². The second-order valence-corrected chi connectivity index (χ2v) is 4.21. The topological polar surface area (TPSA) is 67.8 Å². The standard InChI is InChI=1S/C14H21NO4/c1-11-5-3-6-12(9-16)14(11)19-10-13(17)15-7-4-8-18-2/h3,5-6,16H,4,7-10H2,1-2H3,(H,15,17). The van der Waals surface area contributed by atoms with Gasteiger partial charge in [0, 0.05) is 25.8 Å². The van der Waals surface area contributed by atoms with Crippen LogP contribution in [-0.4, -0.2) is 37.9 Å². The molecule has 0 aliphatic carbocycles. The van der Waals surface area contributed by atoms with Crippen LogP contribution < -0.4 is 10.1 Å². The molecule has 106 valence electrons. The minimum Gasteiger partial charge on any atom is -0.483 e. The number of ether oxygens (including phenoxy) is 2. The zero-order chi connectivity index (χ0) is 14.1. The first kappa shape index (κ1) is 15.5. The number of benzene rings is 1. The Bertz CT molecular complexity index is 406. The van der Waals surface area contributed by atoms with Crippen molar-refractivity contribution in [3.8, 4) is 5.75 Å². The number of para-hydroxylation sites is 1. The van der Waals surface area contributed by atoms with Gasteiger partial charge in [0.2, 0.25) is 0 Å². The van der Waals surface area contributed by atoms with Crippen molar-refractivity contribution in [2.24, 2.45) is 0 Å². The molecule has 1 amide bonds. The molecule has 0 heterocycles. The summed E-state index contributed by atoms with van der Waals surface area (Å²) >= 11 is 0. The minimum absolute atomic E-state index is 0.0508. The number of amides is 1. The number of methoxy groups -OCH3 is 1. The zero-order valence-electron chi connectivity index (χ0n) is 11.4. The largest absolute Gasteiger partial charge is 0.483 e. The summed E-state index contributed by atoms with van der Waals surface area (Å²) in [6.45, 7) is 2.91. The molecule has 0 unspecified atom stereocenters. The van der Waals surface area contributed by atoms with E-state index < -0.39 is 0 Å². The van der Waals surface area contributed by atoms with Crippen molar-refractivity contribution < 1.29 is 19.4 Å². The molecule has 0 saturated heterocycles. The Morgan fingerprint density at radius 2 is 2.21 bits per heavy atom. The lowest BCUT2D eigenvalue weighted by molar-refractivity contribution is -0.123. The monoisotopic (exact) mass is 267 g/mol. The molecule has 0 fully saturated rings. The molecule has 1 aromatic rings. The number of rotatable bonds is 8. The van der Waals surface area contributed by atoms with E-state index in [0.717, 1.165) is 12.0 Å². The average molecular weight is 267 g/mol. The normalized spacial score (nSPS) is 10.3. The van der Waals surface area contributed by atoms with Gasteiger partial charge in [-0.2, -0.15) is 0 Å². The quantitative estimate of drug-likeness (QED) is 0.690. The predicted molar refractivity (Wildman–Crippen MR) is 72.1 cm³/mol. The molecule has 0 spiro atoms. The molecule has 0 atom stereocenters. The van der Waals surface area contributed by atoms with Gasteiger partial charge in [-0.1, -0.05) is 18.2 Å². The maximum Gasteiger partial charge on any atom is 0.257 e. The van der Waals surface area contributed by atoms with Crippen molar-refractivity contribution in [2.45, 2.75) is 20.0 Å². The number of hydrogen-bond acceptors (Lipinski definition) is 4. The average Bonchev–Trinajstić information content (AvgIpc) is 2.42. The molecule has 5 nitrogen and oxygen atoms in total. The van der Waals surface area contributed by atoms with Gasteiger partial charge in [-0.25, -0.2) is 0 Å². The molecule has 0 radical (unpaired) electrons. The van der Waals surface area contributed by atoms with E-state index in [0.29, 0.717) is 24.5 Å². The Morgan fingerprint density at radius 1 is 1.42 bits per heavy atom. The van der Waals surface area contributed by atoms with Crippen LogP contribution in [0.15, 0.2) is 18.2 Å². The molecule has 19 heavy (non-hydrogen) atoms. The SMILES string of the molecule is COCCCNC(=O)COc1c(C)cccc1CO. The van der Waals surface area contributed by atoms with E-state index in [-0.39, 0.29) is 19.1 Å². The van der Waals surface area contributed by atoms with Crippen LogP contribution in [-0.2, 0) is 16.1 Å². The van der Waals surface area contributed by atoms with Crippen molar-refractivity contribution >= 4 is 5.91 Å². The molecule has 0 aliphatic rings. The fourth-order valence-electron chi connectivity index (χ4n) is 1.68. The summed E-state index contributed by atoms with van der Waals surface area (Å²) in [7, 11) is 1.62. The highest BCUT2D eigenvalue weighted by Gasteiger charge is 2.08. The number of carbonyl (C=O) groups is 1. The minimum atomic E-state index is -0.178. The van der Waals surface area contributed by atoms with Crippen LogP contribution in [0.4, 0.5) is 0 Å². The molecular formula is C14H21NO4. The Hall–Kier alpha value is -1.59. The number of aliphatic hydroxyl groups excluding tert-OH is 1. The second-order valence-electron chi connectivity index (χ2n) is 4.21. The van der Waals surface area contributed by atoms with E-state index in [2.05, 4.69) is 5.32 Å². The van der Waals surface area contributed by atoms with Crippen molar-refractivity contribution in [1.29, 1.82) is 0 Å². The molecular weight excluding hydrogens is 246 g/mol. The first-order chi connectivity index (χ1) is 9.19. The van der Waals surface area contributed by atoms with E-state index >= 15 is 0 Å². The Kier molecular flexibility index (Phi) is 6.92. The van der Waals surface area contributed by atoms with E-state index in [1.807, 2.05) is 19.1 Å². The fraction of sp³-hybridized carbons (Fsp3) is 0.500. The number of aryl methyl sites for hydroxylation is 1. The highest BCUT2D eigenvalue weighted by Crippen LogP contribution is 2.23. The molecule has 5 heteroatoms. The summed E-state index contributed by atoms with van der Waals surface area (Å²) in [5.74, 6) is 0.403. The van der Waals surface area contributed by atoms with Gasteiger partial charge in [-0.05, 0) is 18.9 Å².